The SMILES string of the molecule is Cc1cc(C=CC(=O)O)ccc1-n1cnc2ccccc21. The van der Waals surface area contributed by atoms with E-state index in [0.29, 0.717) is 0 Å². The van der Waals surface area contributed by atoms with Crippen LogP contribution in [0.1, 0.15) is 11.1 Å². The van der Waals surface area contributed by atoms with E-state index < -0.39 is 5.97 Å². The second-order valence-electron chi connectivity index (χ2n) is 4.82. The van der Waals surface area contributed by atoms with Crippen LogP contribution in [0.3, 0.4) is 0 Å². The van der Waals surface area contributed by atoms with Gasteiger partial charge in [0.15, 0.2) is 0 Å². The van der Waals surface area contributed by atoms with Gasteiger partial charge in [-0.2, -0.15) is 0 Å². The van der Waals surface area contributed by atoms with Gasteiger partial charge in [0.1, 0.15) is 6.33 Å². The van der Waals surface area contributed by atoms with Gasteiger partial charge in [0.2, 0.25) is 0 Å². The fourth-order valence-electron chi connectivity index (χ4n) is 2.37. The average molecular weight is 278 g/mol. The zero-order valence-corrected chi connectivity index (χ0v) is 11.5. The minimum atomic E-state index is -0.947. The van der Waals surface area contributed by atoms with Crippen molar-refractivity contribution in [2.75, 3.05) is 0 Å². The minimum Gasteiger partial charge on any atom is -0.478 e. The lowest BCUT2D eigenvalue weighted by Gasteiger charge is -2.09. The van der Waals surface area contributed by atoms with E-state index in [1.165, 1.54) is 0 Å². The van der Waals surface area contributed by atoms with E-state index in [1.807, 2.05) is 54.0 Å². The summed E-state index contributed by atoms with van der Waals surface area (Å²) < 4.78 is 2.04. The molecule has 1 aromatic heterocycles. The van der Waals surface area contributed by atoms with Crippen molar-refractivity contribution in [1.29, 1.82) is 0 Å². The molecular weight excluding hydrogens is 264 g/mol. The second kappa shape index (κ2) is 5.25. The number of hydrogen-bond acceptors (Lipinski definition) is 2. The Bertz CT molecular complexity index is 847. The summed E-state index contributed by atoms with van der Waals surface area (Å²) in [5, 5.41) is 8.67. The van der Waals surface area contributed by atoms with Crippen LogP contribution in [0.15, 0.2) is 54.9 Å². The number of para-hydroxylation sites is 2. The van der Waals surface area contributed by atoms with Crippen molar-refractivity contribution >= 4 is 23.1 Å². The molecule has 1 N–H and O–H groups in total. The molecule has 1 heterocycles. The van der Waals surface area contributed by atoms with Crippen LogP contribution in [0.5, 0.6) is 0 Å². The van der Waals surface area contributed by atoms with E-state index in [1.54, 1.807) is 12.4 Å². The molecule has 0 saturated carbocycles. The van der Waals surface area contributed by atoms with E-state index in [2.05, 4.69) is 4.98 Å². The first kappa shape index (κ1) is 13.1. The van der Waals surface area contributed by atoms with Crippen LogP contribution in [-0.2, 0) is 4.79 Å². The van der Waals surface area contributed by atoms with E-state index in [9.17, 15) is 4.79 Å². The highest BCUT2D eigenvalue weighted by Gasteiger charge is 2.06. The van der Waals surface area contributed by atoms with Crippen molar-refractivity contribution in [3.63, 3.8) is 0 Å². The van der Waals surface area contributed by atoms with Gasteiger partial charge in [-0.1, -0.05) is 18.2 Å². The lowest BCUT2D eigenvalue weighted by molar-refractivity contribution is -0.131. The molecule has 3 rings (SSSR count). The second-order valence-corrected chi connectivity index (χ2v) is 4.82. The monoisotopic (exact) mass is 278 g/mol. The molecule has 0 spiro atoms. The van der Waals surface area contributed by atoms with Gasteiger partial charge in [0, 0.05) is 6.08 Å². The molecule has 4 heteroatoms. The molecule has 4 nitrogen and oxygen atoms in total. The first-order valence-corrected chi connectivity index (χ1v) is 6.59. The standard InChI is InChI=1S/C17H14N2O2/c1-12-10-13(7-9-17(20)21)6-8-15(12)19-11-18-14-4-2-3-5-16(14)19/h2-11H,1H3,(H,20,21). The van der Waals surface area contributed by atoms with Gasteiger partial charge in [0.25, 0.3) is 0 Å². The Labute approximate surface area is 122 Å². The van der Waals surface area contributed by atoms with Crippen LogP contribution in [-0.4, -0.2) is 20.6 Å². The summed E-state index contributed by atoms with van der Waals surface area (Å²) in [4.78, 5) is 14.9. The number of hydrogen-bond donors (Lipinski definition) is 1. The topological polar surface area (TPSA) is 55.1 Å². The summed E-state index contributed by atoms with van der Waals surface area (Å²) in [7, 11) is 0. The largest absolute Gasteiger partial charge is 0.478 e. The van der Waals surface area contributed by atoms with Gasteiger partial charge >= 0.3 is 5.97 Å². The number of aliphatic carboxylic acids is 1. The molecular formula is C17H14N2O2. The van der Waals surface area contributed by atoms with Gasteiger partial charge in [0.05, 0.1) is 16.7 Å². The van der Waals surface area contributed by atoms with E-state index in [-0.39, 0.29) is 0 Å². The molecule has 104 valence electrons. The summed E-state index contributed by atoms with van der Waals surface area (Å²) in [5.41, 5.74) is 4.96. The number of rotatable bonds is 3. The van der Waals surface area contributed by atoms with Crippen molar-refractivity contribution < 1.29 is 9.90 Å². The molecule has 0 radical (unpaired) electrons. The fourth-order valence-corrected chi connectivity index (χ4v) is 2.37. The Kier molecular flexibility index (Phi) is 3.28. The third-order valence-electron chi connectivity index (χ3n) is 3.35. The Balaban J connectivity index is 2.05. The third kappa shape index (κ3) is 2.56. The molecule has 0 saturated heterocycles. The molecule has 2 aromatic carbocycles. The van der Waals surface area contributed by atoms with Crippen molar-refractivity contribution in [2.45, 2.75) is 6.92 Å². The maximum atomic E-state index is 10.6. The lowest BCUT2D eigenvalue weighted by Crippen LogP contribution is -1.95. The summed E-state index contributed by atoms with van der Waals surface area (Å²) in [6.07, 6.45) is 4.53. The van der Waals surface area contributed by atoms with Crippen LogP contribution in [0.2, 0.25) is 0 Å². The molecule has 0 atom stereocenters. The maximum Gasteiger partial charge on any atom is 0.328 e. The number of carboxylic acid groups (broad SMARTS) is 1. The van der Waals surface area contributed by atoms with Crippen molar-refractivity contribution in [2.24, 2.45) is 0 Å². The first-order chi connectivity index (χ1) is 10.1. The number of aryl methyl sites for hydroxylation is 1. The molecule has 3 aromatic rings. The molecule has 0 aliphatic heterocycles. The van der Waals surface area contributed by atoms with Crippen LogP contribution in [0.4, 0.5) is 0 Å². The number of benzene rings is 2. The smallest absolute Gasteiger partial charge is 0.328 e. The summed E-state index contributed by atoms with van der Waals surface area (Å²) in [6, 6.07) is 13.8. The first-order valence-electron chi connectivity index (χ1n) is 6.59. The van der Waals surface area contributed by atoms with Gasteiger partial charge in [-0.25, -0.2) is 9.78 Å². The Morgan fingerprint density at radius 3 is 2.81 bits per heavy atom. The highest BCUT2D eigenvalue weighted by Crippen LogP contribution is 2.22. The minimum absolute atomic E-state index is 0.864. The molecule has 0 fully saturated rings. The number of carbonyl (C=O) groups is 1. The predicted molar refractivity (Wildman–Crippen MR) is 82.5 cm³/mol. The highest BCUT2D eigenvalue weighted by atomic mass is 16.4. The van der Waals surface area contributed by atoms with E-state index >= 15 is 0 Å². The Hall–Kier alpha value is -2.88. The zero-order chi connectivity index (χ0) is 14.8. The molecule has 0 unspecified atom stereocenters. The molecule has 0 aliphatic carbocycles. The van der Waals surface area contributed by atoms with Crippen LogP contribution < -0.4 is 0 Å². The van der Waals surface area contributed by atoms with Crippen molar-refractivity contribution in [1.82, 2.24) is 9.55 Å². The van der Waals surface area contributed by atoms with Crippen LogP contribution >= 0.6 is 0 Å². The Morgan fingerprint density at radius 1 is 1.24 bits per heavy atom. The number of aromatic nitrogens is 2. The average Bonchev–Trinajstić information content (AvgIpc) is 2.89. The lowest BCUT2D eigenvalue weighted by atomic mass is 10.1. The predicted octanol–water partition coefficient (Wildman–Crippen LogP) is 3.43. The molecule has 0 aliphatic rings. The quantitative estimate of drug-likeness (QED) is 0.747. The third-order valence-corrected chi connectivity index (χ3v) is 3.35. The van der Waals surface area contributed by atoms with Crippen LogP contribution in [0.25, 0.3) is 22.8 Å². The zero-order valence-electron chi connectivity index (χ0n) is 11.5. The maximum absolute atomic E-state index is 10.6. The highest BCUT2D eigenvalue weighted by molar-refractivity contribution is 5.85. The van der Waals surface area contributed by atoms with E-state index in [4.69, 9.17) is 5.11 Å². The van der Waals surface area contributed by atoms with Gasteiger partial charge < -0.3 is 5.11 Å². The normalized spacial score (nSPS) is 11.3. The van der Waals surface area contributed by atoms with Gasteiger partial charge in [-0.3, -0.25) is 4.57 Å². The summed E-state index contributed by atoms with van der Waals surface area (Å²) in [5.74, 6) is -0.947. The fraction of sp³-hybridized carbons (Fsp3) is 0.0588. The summed E-state index contributed by atoms with van der Waals surface area (Å²) >= 11 is 0. The van der Waals surface area contributed by atoms with Gasteiger partial charge in [-0.05, 0) is 48.4 Å². The van der Waals surface area contributed by atoms with Crippen LogP contribution in [0, 0.1) is 6.92 Å². The summed E-state index contributed by atoms with van der Waals surface area (Å²) in [6.45, 7) is 2.00. The number of carboxylic acids is 1. The van der Waals surface area contributed by atoms with Gasteiger partial charge in [-0.15, -0.1) is 0 Å². The van der Waals surface area contributed by atoms with Crippen molar-refractivity contribution in [3.8, 4) is 5.69 Å². The van der Waals surface area contributed by atoms with E-state index in [0.717, 1.165) is 33.9 Å². The number of imidazole rings is 1. The van der Waals surface area contributed by atoms with Crippen molar-refractivity contribution in [3.05, 3.63) is 66.0 Å². The molecule has 0 bridgehead atoms. The molecule has 0 amide bonds. The number of fused-ring (bicyclic) bond motifs is 1. The number of nitrogens with zero attached hydrogens (tertiary/aromatic N) is 2. The molecule has 21 heavy (non-hydrogen) atoms. The Morgan fingerprint density at radius 2 is 2.05 bits per heavy atom.